The molecule has 0 unspecified atom stereocenters. The van der Waals surface area contributed by atoms with Crippen LogP contribution in [0.3, 0.4) is 0 Å². The average Bonchev–Trinajstić information content (AvgIpc) is 2.02. The highest BCUT2D eigenvalue weighted by Gasteiger charge is 2.12. The molecule has 0 saturated heterocycles. The standard InChI is InChI=1S/C13H17Br/c1-10(14)9-11-5-7-12(8-6-11)13(2,3)4/h5-8H,1,9H2,2-4H3. The first-order valence-electron chi connectivity index (χ1n) is 4.82. The quantitative estimate of drug-likeness (QED) is 0.731. The van der Waals surface area contributed by atoms with Crippen molar-refractivity contribution in [2.24, 2.45) is 0 Å². The van der Waals surface area contributed by atoms with Gasteiger partial charge in [-0.1, -0.05) is 67.5 Å². The number of allylic oxidation sites excluding steroid dienone is 1. The minimum absolute atomic E-state index is 0.240. The SMILES string of the molecule is C=C(Br)Cc1ccc(C(C)(C)C)cc1. The van der Waals surface area contributed by atoms with Crippen LogP contribution in [0.2, 0.25) is 0 Å². The average molecular weight is 253 g/mol. The number of hydrogen-bond donors (Lipinski definition) is 0. The van der Waals surface area contributed by atoms with Crippen LogP contribution in [0.15, 0.2) is 35.3 Å². The number of halogens is 1. The topological polar surface area (TPSA) is 0 Å². The molecule has 0 saturated carbocycles. The fraction of sp³-hybridized carbons (Fsp3) is 0.385. The Morgan fingerprint density at radius 2 is 1.71 bits per heavy atom. The van der Waals surface area contributed by atoms with Crippen molar-refractivity contribution in [2.45, 2.75) is 32.6 Å². The van der Waals surface area contributed by atoms with E-state index in [1.54, 1.807) is 0 Å². The molecule has 0 spiro atoms. The molecule has 0 N–H and O–H groups in total. The predicted octanol–water partition coefficient (Wildman–Crippen LogP) is 4.44. The van der Waals surface area contributed by atoms with Crippen LogP contribution in [0.1, 0.15) is 31.9 Å². The van der Waals surface area contributed by atoms with Gasteiger partial charge >= 0.3 is 0 Å². The number of rotatable bonds is 2. The molecule has 0 atom stereocenters. The van der Waals surface area contributed by atoms with E-state index in [-0.39, 0.29) is 5.41 Å². The molecule has 0 aromatic heterocycles. The van der Waals surface area contributed by atoms with Crippen molar-refractivity contribution in [3.63, 3.8) is 0 Å². The third kappa shape index (κ3) is 3.30. The van der Waals surface area contributed by atoms with E-state index in [2.05, 4.69) is 67.5 Å². The molecule has 0 aliphatic rings. The lowest BCUT2D eigenvalue weighted by atomic mass is 9.86. The maximum absolute atomic E-state index is 3.84. The largest absolute Gasteiger partial charge is 0.0885 e. The smallest absolute Gasteiger partial charge is 0.00347 e. The zero-order valence-electron chi connectivity index (χ0n) is 9.10. The van der Waals surface area contributed by atoms with E-state index in [4.69, 9.17) is 0 Å². The van der Waals surface area contributed by atoms with Crippen LogP contribution >= 0.6 is 15.9 Å². The van der Waals surface area contributed by atoms with Gasteiger partial charge in [-0.05, 0) is 21.0 Å². The van der Waals surface area contributed by atoms with Crippen molar-refractivity contribution in [1.29, 1.82) is 0 Å². The molecule has 14 heavy (non-hydrogen) atoms. The molecule has 1 aromatic rings. The maximum Gasteiger partial charge on any atom is 0.00347 e. The van der Waals surface area contributed by atoms with Crippen LogP contribution < -0.4 is 0 Å². The zero-order chi connectivity index (χ0) is 10.8. The summed E-state index contributed by atoms with van der Waals surface area (Å²) >= 11 is 3.37. The highest BCUT2D eigenvalue weighted by Crippen LogP contribution is 2.23. The molecule has 1 heteroatoms. The van der Waals surface area contributed by atoms with Crippen molar-refractivity contribution in [3.05, 3.63) is 46.5 Å². The van der Waals surface area contributed by atoms with Gasteiger partial charge in [0, 0.05) is 6.42 Å². The van der Waals surface area contributed by atoms with Gasteiger partial charge < -0.3 is 0 Å². The number of benzene rings is 1. The molecule has 0 radical (unpaired) electrons. The summed E-state index contributed by atoms with van der Waals surface area (Å²) in [4.78, 5) is 0. The molecule has 0 amide bonds. The van der Waals surface area contributed by atoms with Crippen LogP contribution in [-0.4, -0.2) is 0 Å². The minimum Gasteiger partial charge on any atom is -0.0885 e. The number of hydrogen-bond acceptors (Lipinski definition) is 0. The van der Waals surface area contributed by atoms with Gasteiger partial charge in [0.1, 0.15) is 0 Å². The van der Waals surface area contributed by atoms with Gasteiger partial charge in [-0.2, -0.15) is 0 Å². The van der Waals surface area contributed by atoms with Crippen molar-refractivity contribution < 1.29 is 0 Å². The fourth-order valence-corrected chi connectivity index (χ4v) is 1.67. The Morgan fingerprint density at radius 1 is 1.21 bits per heavy atom. The molecule has 0 bridgehead atoms. The first-order chi connectivity index (χ1) is 6.39. The molecule has 1 aromatic carbocycles. The van der Waals surface area contributed by atoms with E-state index in [1.807, 2.05) is 0 Å². The Kier molecular flexibility index (Phi) is 3.54. The summed E-state index contributed by atoms with van der Waals surface area (Å²) in [6, 6.07) is 8.75. The summed E-state index contributed by atoms with van der Waals surface area (Å²) in [5.74, 6) is 0. The molecule has 1 rings (SSSR count). The predicted molar refractivity (Wildman–Crippen MR) is 66.9 cm³/mol. The van der Waals surface area contributed by atoms with E-state index >= 15 is 0 Å². The third-order valence-electron chi connectivity index (χ3n) is 2.22. The molecule has 0 heterocycles. The van der Waals surface area contributed by atoms with Crippen LogP contribution in [0, 0.1) is 0 Å². The second kappa shape index (κ2) is 4.31. The van der Waals surface area contributed by atoms with Gasteiger partial charge in [0.25, 0.3) is 0 Å². The molecular formula is C13H17Br. The lowest BCUT2D eigenvalue weighted by Crippen LogP contribution is -2.10. The molecular weight excluding hydrogens is 236 g/mol. The van der Waals surface area contributed by atoms with Crippen LogP contribution in [-0.2, 0) is 11.8 Å². The summed E-state index contributed by atoms with van der Waals surface area (Å²) < 4.78 is 1.03. The summed E-state index contributed by atoms with van der Waals surface area (Å²) in [5, 5.41) is 0. The first-order valence-corrected chi connectivity index (χ1v) is 5.61. The second-order valence-electron chi connectivity index (χ2n) is 4.64. The Hall–Kier alpha value is -0.560. The van der Waals surface area contributed by atoms with Gasteiger partial charge in [0.15, 0.2) is 0 Å². The minimum atomic E-state index is 0.240. The highest BCUT2D eigenvalue weighted by atomic mass is 79.9. The lowest BCUT2D eigenvalue weighted by molar-refractivity contribution is 0.590. The van der Waals surface area contributed by atoms with E-state index < -0.39 is 0 Å². The van der Waals surface area contributed by atoms with Gasteiger partial charge in [-0.3, -0.25) is 0 Å². The Balaban J connectivity index is 2.84. The Bertz CT molecular complexity index is 314. The lowest BCUT2D eigenvalue weighted by Gasteiger charge is -2.19. The maximum atomic E-state index is 3.84. The van der Waals surface area contributed by atoms with E-state index in [1.165, 1.54) is 11.1 Å². The normalized spacial score (nSPS) is 11.4. The summed E-state index contributed by atoms with van der Waals surface area (Å²) in [6.07, 6.45) is 0.907. The van der Waals surface area contributed by atoms with E-state index in [9.17, 15) is 0 Å². The summed E-state index contributed by atoms with van der Waals surface area (Å²) in [6.45, 7) is 10.5. The molecule has 0 aliphatic heterocycles. The van der Waals surface area contributed by atoms with Gasteiger partial charge in [0.05, 0.1) is 0 Å². The molecule has 0 aliphatic carbocycles. The van der Waals surface area contributed by atoms with Crippen molar-refractivity contribution in [2.75, 3.05) is 0 Å². The van der Waals surface area contributed by atoms with Crippen LogP contribution in [0.25, 0.3) is 0 Å². The Labute approximate surface area is 95.2 Å². The van der Waals surface area contributed by atoms with Gasteiger partial charge in [0.2, 0.25) is 0 Å². The van der Waals surface area contributed by atoms with E-state index in [0.29, 0.717) is 0 Å². The van der Waals surface area contributed by atoms with Crippen LogP contribution in [0.5, 0.6) is 0 Å². The van der Waals surface area contributed by atoms with Crippen LogP contribution in [0.4, 0.5) is 0 Å². The highest BCUT2D eigenvalue weighted by molar-refractivity contribution is 9.11. The molecule has 0 fully saturated rings. The Morgan fingerprint density at radius 3 is 2.07 bits per heavy atom. The summed E-state index contributed by atoms with van der Waals surface area (Å²) in [7, 11) is 0. The molecule has 76 valence electrons. The first kappa shape index (κ1) is 11.5. The second-order valence-corrected chi connectivity index (χ2v) is 5.76. The molecule has 0 nitrogen and oxygen atoms in total. The van der Waals surface area contributed by atoms with Gasteiger partial charge in [-0.15, -0.1) is 0 Å². The summed E-state index contributed by atoms with van der Waals surface area (Å²) in [5.41, 5.74) is 2.92. The van der Waals surface area contributed by atoms with E-state index in [0.717, 1.165) is 10.9 Å². The van der Waals surface area contributed by atoms with Crippen molar-refractivity contribution >= 4 is 15.9 Å². The zero-order valence-corrected chi connectivity index (χ0v) is 10.7. The monoisotopic (exact) mass is 252 g/mol. The third-order valence-corrected chi connectivity index (χ3v) is 2.50. The fourth-order valence-electron chi connectivity index (χ4n) is 1.34. The van der Waals surface area contributed by atoms with Crippen molar-refractivity contribution in [3.8, 4) is 0 Å². The van der Waals surface area contributed by atoms with Crippen molar-refractivity contribution in [1.82, 2.24) is 0 Å². The van der Waals surface area contributed by atoms with Gasteiger partial charge in [-0.25, -0.2) is 0 Å².